The maximum Gasteiger partial charge on any atom is 0.294 e. The van der Waals surface area contributed by atoms with Gasteiger partial charge < -0.3 is 15.0 Å². The van der Waals surface area contributed by atoms with Crippen molar-refractivity contribution < 1.29 is 9.53 Å². The van der Waals surface area contributed by atoms with Gasteiger partial charge in [-0.3, -0.25) is 14.2 Å². The molecule has 1 aromatic heterocycles. The normalized spacial score (nSPS) is 15.5. The van der Waals surface area contributed by atoms with Crippen LogP contribution in [0.15, 0.2) is 83.7 Å². The van der Waals surface area contributed by atoms with E-state index in [1.807, 2.05) is 90.7 Å². The van der Waals surface area contributed by atoms with Crippen molar-refractivity contribution in [1.29, 1.82) is 0 Å². The highest BCUT2D eigenvalue weighted by Gasteiger charge is 2.28. The molecule has 1 fully saturated rings. The molecular formula is C30H32N4O3. The first-order valence-corrected chi connectivity index (χ1v) is 12.9. The lowest BCUT2D eigenvalue weighted by Gasteiger charge is -2.32. The maximum atomic E-state index is 13.7. The second kappa shape index (κ2) is 11.3. The SMILES string of the molecule is CCOc1ccc(CNC(=O)[C@@H]2CCCN(c3nc4ccccc4n(Cc4ccccc4)c3=O)C2)cc1. The zero-order valence-corrected chi connectivity index (χ0v) is 21.1. The first-order valence-electron chi connectivity index (χ1n) is 12.9. The topological polar surface area (TPSA) is 76.5 Å². The van der Waals surface area contributed by atoms with Crippen molar-refractivity contribution in [3.8, 4) is 5.75 Å². The molecule has 0 unspecified atom stereocenters. The number of hydrogen-bond donors (Lipinski definition) is 1. The molecule has 7 heteroatoms. The molecular weight excluding hydrogens is 464 g/mol. The minimum atomic E-state index is -0.202. The number of amides is 1. The minimum Gasteiger partial charge on any atom is -0.494 e. The zero-order chi connectivity index (χ0) is 25.6. The van der Waals surface area contributed by atoms with Crippen LogP contribution in [0.25, 0.3) is 11.0 Å². The molecule has 0 bridgehead atoms. The Morgan fingerprint density at radius 2 is 1.76 bits per heavy atom. The summed E-state index contributed by atoms with van der Waals surface area (Å²) in [5, 5.41) is 3.07. The number of nitrogens with one attached hydrogen (secondary N) is 1. The Morgan fingerprint density at radius 1 is 1.00 bits per heavy atom. The molecule has 3 aromatic carbocycles. The highest BCUT2D eigenvalue weighted by molar-refractivity contribution is 5.80. The fourth-order valence-corrected chi connectivity index (χ4v) is 4.90. The number of benzene rings is 3. The highest BCUT2D eigenvalue weighted by atomic mass is 16.5. The van der Waals surface area contributed by atoms with Gasteiger partial charge in [-0.25, -0.2) is 4.98 Å². The summed E-state index contributed by atoms with van der Waals surface area (Å²) in [7, 11) is 0. The molecule has 37 heavy (non-hydrogen) atoms. The van der Waals surface area contributed by atoms with Gasteiger partial charge in [0.15, 0.2) is 5.82 Å². The lowest BCUT2D eigenvalue weighted by molar-refractivity contribution is -0.125. The number of piperidine rings is 1. The monoisotopic (exact) mass is 496 g/mol. The lowest BCUT2D eigenvalue weighted by Crippen LogP contribution is -2.45. The molecule has 1 aliphatic rings. The van der Waals surface area contributed by atoms with Crippen LogP contribution in [-0.2, 0) is 17.9 Å². The number of para-hydroxylation sites is 2. The Kier molecular flexibility index (Phi) is 7.49. The third-order valence-electron chi connectivity index (χ3n) is 6.81. The van der Waals surface area contributed by atoms with E-state index in [-0.39, 0.29) is 17.4 Å². The summed E-state index contributed by atoms with van der Waals surface area (Å²) < 4.78 is 7.28. The summed E-state index contributed by atoms with van der Waals surface area (Å²) in [5.41, 5.74) is 3.52. The molecule has 1 N–H and O–H groups in total. The molecule has 1 amide bonds. The molecule has 2 heterocycles. The van der Waals surface area contributed by atoms with Crippen LogP contribution in [0.3, 0.4) is 0 Å². The van der Waals surface area contributed by atoms with Crippen molar-refractivity contribution in [1.82, 2.24) is 14.9 Å². The number of ether oxygens (including phenoxy) is 1. The van der Waals surface area contributed by atoms with Crippen LogP contribution in [-0.4, -0.2) is 35.2 Å². The molecule has 0 radical (unpaired) electrons. The van der Waals surface area contributed by atoms with Gasteiger partial charge in [0.25, 0.3) is 5.56 Å². The number of carbonyl (C=O) groups excluding carboxylic acids is 1. The molecule has 0 aliphatic carbocycles. The van der Waals surface area contributed by atoms with Gasteiger partial charge in [-0.2, -0.15) is 0 Å². The average Bonchev–Trinajstić information content (AvgIpc) is 2.94. The van der Waals surface area contributed by atoms with Gasteiger partial charge in [-0.05, 0) is 55.2 Å². The van der Waals surface area contributed by atoms with E-state index in [2.05, 4.69) is 5.32 Å². The summed E-state index contributed by atoms with van der Waals surface area (Å²) in [6.07, 6.45) is 1.62. The molecule has 0 saturated carbocycles. The summed E-state index contributed by atoms with van der Waals surface area (Å²) in [6, 6.07) is 25.5. The second-order valence-electron chi connectivity index (χ2n) is 9.38. The molecule has 7 nitrogen and oxygen atoms in total. The first kappa shape index (κ1) is 24.6. The number of nitrogens with zero attached hydrogens (tertiary/aromatic N) is 3. The van der Waals surface area contributed by atoms with Crippen molar-refractivity contribution in [3.05, 3.63) is 100 Å². The minimum absolute atomic E-state index is 0.00369. The maximum absolute atomic E-state index is 13.7. The number of anilines is 1. The van der Waals surface area contributed by atoms with E-state index in [1.54, 1.807) is 4.57 Å². The quantitative estimate of drug-likeness (QED) is 0.392. The Hall–Kier alpha value is -4.13. The van der Waals surface area contributed by atoms with E-state index in [0.717, 1.165) is 40.8 Å². The standard InChI is InChI=1S/C30H32N4O3/c1-2-37-25-16-14-22(15-17-25)19-31-29(35)24-11-8-18-33(21-24)28-30(36)34(20-23-9-4-3-5-10-23)27-13-7-6-12-26(27)32-28/h3-7,9-10,12-17,24H,2,8,11,18-21H2,1H3,(H,31,35)/t24-/m1/s1. The van der Waals surface area contributed by atoms with Crippen molar-refractivity contribution in [2.45, 2.75) is 32.9 Å². The van der Waals surface area contributed by atoms with Crippen molar-refractivity contribution in [3.63, 3.8) is 0 Å². The van der Waals surface area contributed by atoms with Crippen molar-refractivity contribution in [2.75, 3.05) is 24.6 Å². The van der Waals surface area contributed by atoms with Crippen LogP contribution < -0.4 is 20.5 Å². The summed E-state index contributed by atoms with van der Waals surface area (Å²) >= 11 is 0. The predicted octanol–water partition coefficient (Wildman–Crippen LogP) is 4.38. The largest absolute Gasteiger partial charge is 0.494 e. The van der Waals surface area contributed by atoms with Crippen LogP contribution in [0, 0.1) is 5.92 Å². The van der Waals surface area contributed by atoms with E-state index >= 15 is 0 Å². The number of fused-ring (bicyclic) bond motifs is 1. The van der Waals surface area contributed by atoms with Crippen LogP contribution in [0.5, 0.6) is 5.75 Å². The smallest absolute Gasteiger partial charge is 0.294 e. The molecule has 1 aliphatic heterocycles. The van der Waals surface area contributed by atoms with Crippen LogP contribution in [0.1, 0.15) is 30.9 Å². The molecule has 5 rings (SSSR count). The van der Waals surface area contributed by atoms with Gasteiger partial charge in [0.05, 0.1) is 30.1 Å². The Bertz CT molecular complexity index is 1420. The number of aromatic nitrogens is 2. The molecule has 0 spiro atoms. The highest BCUT2D eigenvalue weighted by Crippen LogP contribution is 2.23. The predicted molar refractivity (Wildman–Crippen MR) is 146 cm³/mol. The lowest BCUT2D eigenvalue weighted by atomic mass is 9.97. The van der Waals surface area contributed by atoms with Crippen molar-refractivity contribution in [2.24, 2.45) is 5.92 Å². The second-order valence-corrected chi connectivity index (χ2v) is 9.38. The Balaban J connectivity index is 1.33. The van der Waals surface area contributed by atoms with Crippen molar-refractivity contribution >= 4 is 22.8 Å². The van der Waals surface area contributed by atoms with Gasteiger partial charge in [0, 0.05) is 19.6 Å². The third kappa shape index (κ3) is 5.66. The number of carbonyl (C=O) groups is 1. The average molecular weight is 497 g/mol. The number of hydrogen-bond acceptors (Lipinski definition) is 5. The van der Waals surface area contributed by atoms with E-state index in [0.29, 0.717) is 38.6 Å². The van der Waals surface area contributed by atoms with Gasteiger partial charge in [0.1, 0.15) is 5.75 Å². The van der Waals surface area contributed by atoms with Crippen LogP contribution in [0.2, 0.25) is 0 Å². The third-order valence-corrected chi connectivity index (χ3v) is 6.81. The van der Waals surface area contributed by atoms with Gasteiger partial charge in [0.2, 0.25) is 5.91 Å². The van der Waals surface area contributed by atoms with Gasteiger partial charge in [-0.1, -0.05) is 54.6 Å². The Labute approximate surface area is 216 Å². The first-order chi connectivity index (χ1) is 18.1. The zero-order valence-electron chi connectivity index (χ0n) is 21.1. The van der Waals surface area contributed by atoms with Crippen LogP contribution >= 0.6 is 0 Å². The van der Waals surface area contributed by atoms with E-state index < -0.39 is 0 Å². The fourth-order valence-electron chi connectivity index (χ4n) is 4.90. The molecule has 1 saturated heterocycles. The van der Waals surface area contributed by atoms with Crippen LogP contribution in [0.4, 0.5) is 5.82 Å². The summed E-state index contributed by atoms with van der Waals surface area (Å²) in [5.74, 6) is 1.04. The molecule has 190 valence electrons. The summed E-state index contributed by atoms with van der Waals surface area (Å²) in [4.78, 5) is 33.5. The summed E-state index contributed by atoms with van der Waals surface area (Å²) in [6.45, 7) is 4.68. The van der Waals surface area contributed by atoms with Gasteiger partial charge in [-0.15, -0.1) is 0 Å². The fraction of sp³-hybridized carbons (Fsp3) is 0.300. The molecule has 4 aromatic rings. The Morgan fingerprint density at radius 3 is 2.54 bits per heavy atom. The van der Waals surface area contributed by atoms with E-state index in [4.69, 9.17) is 9.72 Å². The van der Waals surface area contributed by atoms with E-state index in [1.165, 1.54) is 0 Å². The molecule has 1 atom stereocenters. The number of rotatable bonds is 8. The van der Waals surface area contributed by atoms with E-state index in [9.17, 15) is 9.59 Å². The van der Waals surface area contributed by atoms with Gasteiger partial charge >= 0.3 is 0 Å².